The van der Waals surface area contributed by atoms with Crippen molar-refractivity contribution in [3.05, 3.63) is 36.1 Å². The molecular weight excluding hydrogens is 240 g/mol. The van der Waals surface area contributed by atoms with Gasteiger partial charge < -0.3 is 14.9 Å². The van der Waals surface area contributed by atoms with Crippen LogP contribution in [-0.2, 0) is 4.74 Å². The van der Waals surface area contributed by atoms with Gasteiger partial charge >= 0.3 is 0 Å². The van der Waals surface area contributed by atoms with Crippen molar-refractivity contribution >= 4 is 11.0 Å². The number of hydrogen-bond donors (Lipinski definition) is 1. The second kappa shape index (κ2) is 6.70. The first-order valence-corrected chi connectivity index (χ1v) is 6.64. The van der Waals surface area contributed by atoms with E-state index in [0.717, 1.165) is 36.3 Å². The summed E-state index contributed by atoms with van der Waals surface area (Å²) in [6, 6.07) is 10.2. The molecule has 0 saturated carbocycles. The maximum absolute atomic E-state index is 5.90. The number of benzene rings is 1. The molecule has 2 N–H and O–H groups in total. The number of likely N-dealkylation sites (N-methyl/N-ethyl adjacent to an activating group) is 1. The van der Waals surface area contributed by atoms with Crippen LogP contribution in [0, 0.1) is 0 Å². The topological polar surface area (TPSA) is 51.6 Å². The van der Waals surface area contributed by atoms with Gasteiger partial charge in [-0.2, -0.15) is 0 Å². The van der Waals surface area contributed by atoms with E-state index >= 15 is 0 Å². The molecule has 1 atom stereocenters. The van der Waals surface area contributed by atoms with E-state index in [-0.39, 0.29) is 6.04 Å². The summed E-state index contributed by atoms with van der Waals surface area (Å²) in [5.41, 5.74) is 6.82. The monoisotopic (exact) mass is 262 g/mol. The second-order valence-electron chi connectivity index (χ2n) is 4.77. The van der Waals surface area contributed by atoms with E-state index < -0.39 is 0 Å². The zero-order valence-corrected chi connectivity index (χ0v) is 11.6. The molecule has 1 aromatic carbocycles. The molecule has 0 amide bonds. The summed E-state index contributed by atoms with van der Waals surface area (Å²) in [6.07, 6.45) is 0.990. The van der Waals surface area contributed by atoms with Crippen molar-refractivity contribution in [2.75, 3.05) is 33.9 Å². The maximum Gasteiger partial charge on any atom is 0.134 e. The lowest BCUT2D eigenvalue weighted by atomic mass is 10.1. The molecule has 104 valence electrons. The van der Waals surface area contributed by atoms with Crippen molar-refractivity contribution in [1.82, 2.24) is 4.90 Å². The van der Waals surface area contributed by atoms with Crippen molar-refractivity contribution in [2.24, 2.45) is 5.73 Å². The van der Waals surface area contributed by atoms with Crippen LogP contribution in [0.1, 0.15) is 18.2 Å². The van der Waals surface area contributed by atoms with Crippen LogP contribution in [-0.4, -0.2) is 38.8 Å². The molecule has 0 saturated heterocycles. The predicted molar refractivity (Wildman–Crippen MR) is 77.1 cm³/mol. The number of fused-ring (bicyclic) bond motifs is 1. The molecule has 0 aliphatic rings. The number of nitrogens with two attached hydrogens (primary N) is 1. The van der Waals surface area contributed by atoms with Crippen LogP contribution in [0.25, 0.3) is 11.0 Å². The Hall–Kier alpha value is -1.36. The summed E-state index contributed by atoms with van der Waals surface area (Å²) < 4.78 is 11.0. The van der Waals surface area contributed by atoms with Gasteiger partial charge in [0.1, 0.15) is 11.3 Å². The lowest BCUT2D eigenvalue weighted by Crippen LogP contribution is -2.31. The van der Waals surface area contributed by atoms with E-state index in [2.05, 4.69) is 24.1 Å². The Kier molecular flexibility index (Phi) is 4.96. The van der Waals surface area contributed by atoms with Crippen LogP contribution in [0.3, 0.4) is 0 Å². The van der Waals surface area contributed by atoms with E-state index in [1.165, 1.54) is 0 Å². The van der Waals surface area contributed by atoms with Gasteiger partial charge in [0.2, 0.25) is 0 Å². The minimum absolute atomic E-state index is 0.115. The van der Waals surface area contributed by atoms with Gasteiger partial charge in [-0.1, -0.05) is 18.2 Å². The van der Waals surface area contributed by atoms with E-state index in [1.54, 1.807) is 7.11 Å². The highest BCUT2D eigenvalue weighted by Gasteiger charge is 2.19. The van der Waals surface area contributed by atoms with Crippen LogP contribution in [0.15, 0.2) is 34.7 Å². The number of furan rings is 1. The zero-order chi connectivity index (χ0) is 13.7. The molecule has 0 bridgehead atoms. The van der Waals surface area contributed by atoms with E-state index in [4.69, 9.17) is 14.9 Å². The predicted octanol–water partition coefficient (Wildman–Crippen LogP) is 2.40. The maximum atomic E-state index is 5.90. The van der Waals surface area contributed by atoms with Gasteiger partial charge in [0.15, 0.2) is 0 Å². The molecule has 0 fully saturated rings. The van der Waals surface area contributed by atoms with Gasteiger partial charge in [-0.15, -0.1) is 0 Å². The summed E-state index contributed by atoms with van der Waals surface area (Å²) >= 11 is 0. The first-order valence-electron chi connectivity index (χ1n) is 6.64. The van der Waals surface area contributed by atoms with Gasteiger partial charge in [-0.05, 0) is 25.6 Å². The van der Waals surface area contributed by atoms with Gasteiger partial charge in [-0.25, -0.2) is 0 Å². The number of rotatable bonds is 7. The molecule has 2 rings (SSSR count). The first kappa shape index (κ1) is 14.1. The van der Waals surface area contributed by atoms with Crippen molar-refractivity contribution in [3.63, 3.8) is 0 Å². The minimum Gasteiger partial charge on any atom is -0.459 e. The Labute approximate surface area is 114 Å². The zero-order valence-electron chi connectivity index (χ0n) is 11.6. The van der Waals surface area contributed by atoms with Gasteiger partial charge in [0.25, 0.3) is 0 Å². The average molecular weight is 262 g/mol. The Bertz CT molecular complexity index is 477. The summed E-state index contributed by atoms with van der Waals surface area (Å²) in [7, 11) is 3.79. The normalized spacial score (nSPS) is 13.3. The summed E-state index contributed by atoms with van der Waals surface area (Å²) in [4.78, 5) is 2.22. The highest BCUT2D eigenvalue weighted by Crippen LogP contribution is 2.26. The molecule has 1 unspecified atom stereocenters. The van der Waals surface area contributed by atoms with Crippen LogP contribution in [0.4, 0.5) is 0 Å². The number of methoxy groups -OCH3 is 1. The summed E-state index contributed by atoms with van der Waals surface area (Å²) in [6.45, 7) is 2.25. The fraction of sp³-hybridized carbons (Fsp3) is 0.467. The third-order valence-corrected chi connectivity index (χ3v) is 3.39. The standard InChI is InChI=1S/C15H22N2O2/c1-17(8-5-9-18-2)13(11-16)15-10-12-6-3-4-7-14(12)19-15/h3-4,6-7,10,13H,5,8-9,11,16H2,1-2H3. The minimum atomic E-state index is 0.115. The highest BCUT2D eigenvalue weighted by molar-refractivity contribution is 5.77. The molecule has 0 spiro atoms. The lowest BCUT2D eigenvalue weighted by Gasteiger charge is -2.24. The van der Waals surface area contributed by atoms with Gasteiger partial charge in [-0.3, -0.25) is 4.90 Å². The van der Waals surface area contributed by atoms with Crippen molar-refractivity contribution in [2.45, 2.75) is 12.5 Å². The van der Waals surface area contributed by atoms with Crippen LogP contribution in [0.5, 0.6) is 0 Å². The molecule has 0 radical (unpaired) electrons. The summed E-state index contributed by atoms with van der Waals surface area (Å²) in [5.74, 6) is 0.934. The van der Waals surface area contributed by atoms with Crippen LogP contribution in [0.2, 0.25) is 0 Å². The lowest BCUT2D eigenvalue weighted by molar-refractivity contribution is 0.160. The smallest absolute Gasteiger partial charge is 0.134 e. The molecule has 2 aromatic rings. The van der Waals surface area contributed by atoms with E-state index in [1.807, 2.05) is 18.2 Å². The van der Waals surface area contributed by atoms with Crippen LogP contribution >= 0.6 is 0 Å². The first-order chi connectivity index (χ1) is 9.26. The Morgan fingerprint density at radius 2 is 2.16 bits per heavy atom. The quantitative estimate of drug-likeness (QED) is 0.778. The Morgan fingerprint density at radius 1 is 1.37 bits per heavy atom. The number of hydrogen-bond acceptors (Lipinski definition) is 4. The fourth-order valence-electron chi connectivity index (χ4n) is 2.29. The molecule has 19 heavy (non-hydrogen) atoms. The van der Waals surface area contributed by atoms with E-state index in [0.29, 0.717) is 6.54 Å². The molecule has 4 heteroatoms. The van der Waals surface area contributed by atoms with Crippen molar-refractivity contribution in [3.8, 4) is 0 Å². The number of ether oxygens (including phenoxy) is 1. The van der Waals surface area contributed by atoms with Crippen molar-refractivity contribution < 1.29 is 9.15 Å². The number of nitrogens with zero attached hydrogens (tertiary/aromatic N) is 1. The molecule has 1 heterocycles. The molecule has 0 aliphatic heterocycles. The third-order valence-electron chi connectivity index (χ3n) is 3.39. The molecule has 0 aliphatic carbocycles. The molecular formula is C15H22N2O2. The Morgan fingerprint density at radius 3 is 2.84 bits per heavy atom. The average Bonchev–Trinajstić information content (AvgIpc) is 2.83. The second-order valence-corrected chi connectivity index (χ2v) is 4.77. The fourth-order valence-corrected chi connectivity index (χ4v) is 2.29. The van der Waals surface area contributed by atoms with E-state index in [9.17, 15) is 0 Å². The van der Waals surface area contributed by atoms with Gasteiger partial charge in [0.05, 0.1) is 6.04 Å². The van der Waals surface area contributed by atoms with Crippen molar-refractivity contribution in [1.29, 1.82) is 0 Å². The van der Waals surface area contributed by atoms with Gasteiger partial charge in [0, 0.05) is 32.2 Å². The third kappa shape index (κ3) is 3.35. The molecule has 4 nitrogen and oxygen atoms in total. The molecule has 1 aromatic heterocycles. The SMILES string of the molecule is COCCCN(C)C(CN)c1cc2ccccc2o1. The highest BCUT2D eigenvalue weighted by atomic mass is 16.5. The van der Waals surface area contributed by atoms with Crippen LogP contribution < -0.4 is 5.73 Å². The Balaban J connectivity index is 2.11. The number of para-hydroxylation sites is 1. The largest absolute Gasteiger partial charge is 0.459 e. The summed E-state index contributed by atoms with van der Waals surface area (Å²) in [5, 5.41) is 1.13.